The lowest BCUT2D eigenvalue weighted by molar-refractivity contribution is -0.484. The fourth-order valence-corrected chi connectivity index (χ4v) is 11.2. The van der Waals surface area contributed by atoms with Crippen LogP contribution in [0.4, 0.5) is 0 Å². The SMILES string of the molecule is C[C@H](C(=O)c1ccccc1)/[N+]([O-])=C1\C[C@H]2CC[C@]1(CS(=O)(=O)N(C1CCCCC1)C1CCCCC1)C2(C)C. The number of nitrogens with zero attached hydrogens (tertiary/aromatic N) is 2. The summed E-state index contributed by atoms with van der Waals surface area (Å²) in [7, 11) is -3.62. The maximum Gasteiger partial charge on any atom is 0.231 e. The van der Waals surface area contributed by atoms with E-state index in [1.54, 1.807) is 19.1 Å². The third-order valence-corrected chi connectivity index (χ3v) is 12.9. The van der Waals surface area contributed by atoms with E-state index in [0.29, 0.717) is 24.1 Å². The minimum absolute atomic E-state index is 0.00315. The van der Waals surface area contributed by atoms with Crippen LogP contribution in [-0.4, -0.2) is 52.8 Å². The zero-order valence-electron chi connectivity index (χ0n) is 23.5. The summed E-state index contributed by atoms with van der Waals surface area (Å²) in [5.41, 5.74) is 0.126. The summed E-state index contributed by atoms with van der Waals surface area (Å²) in [5.74, 6) is 0.0512. The standard InChI is InChI=1S/C31H46N2O4S/c1-23(29(34)24-13-7-4-8-14-24)32(35)28-21-25-19-20-31(28,30(25,2)3)22-38(36,37)33(26-15-9-5-10-16-26)27-17-11-6-12-18-27/h4,7-8,13-14,23,25-27H,5-6,9-12,15-22H2,1-3H3/b32-28-/t23-,25-,31-/m1/s1. The van der Waals surface area contributed by atoms with E-state index in [2.05, 4.69) is 13.8 Å². The van der Waals surface area contributed by atoms with Gasteiger partial charge in [-0.3, -0.25) is 4.79 Å². The highest BCUT2D eigenvalue weighted by molar-refractivity contribution is 7.89. The zero-order valence-corrected chi connectivity index (χ0v) is 24.3. The number of ketones is 1. The van der Waals surface area contributed by atoms with Gasteiger partial charge in [0, 0.05) is 31.0 Å². The molecule has 2 bridgehead atoms. The molecular formula is C31H46N2O4S. The van der Waals surface area contributed by atoms with Crippen LogP contribution in [0, 0.1) is 22.0 Å². The van der Waals surface area contributed by atoms with Crippen LogP contribution in [0.5, 0.6) is 0 Å². The molecule has 0 spiro atoms. The molecule has 0 heterocycles. The van der Waals surface area contributed by atoms with Crippen LogP contribution in [0.2, 0.25) is 0 Å². The average Bonchev–Trinajstić information content (AvgIpc) is 3.28. The third kappa shape index (κ3) is 4.76. The van der Waals surface area contributed by atoms with Crippen molar-refractivity contribution in [3.05, 3.63) is 41.1 Å². The number of carbonyl (C=O) groups excluding carboxylic acids is 1. The number of hydroxylamine groups is 1. The average molecular weight is 543 g/mol. The molecule has 6 nitrogen and oxygen atoms in total. The predicted molar refractivity (Wildman–Crippen MR) is 152 cm³/mol. The van der Waals surface area contributed by atoms with Gasteiger partial charge in [0.15, 0.2) is 5.71 Å². The Balaban J connectivity index is 1.51. The number of benzene rings is 1. The number of rotatable bonds is 8. The second-order valence-corrected chi connectivity index (χ2v) is 15.0. The largest absolute Gasteiger partial charge is 0.623 e. The predicted octanol–water partition coefficient (Wildman–Crippen LogP) is 6.33. The minimum atomic E-state index is -3.62. The maximum absolute atomic E-state index is 14.6. The molecule has 0 aliphatic heterocycles. The van der Waals surface area contributed by atoms with Crippen LogP contribution in [0.1, 0.15) is 115 Å². The molecule has 0 saturated heterocycles. The molecule has 4 aliphatic rings. The molecule has 0 unspecified atom stereocenters. The lowest BCUT2D eigenvalue weighted by Crippen LogP contribution is -2.54. The Hall–Kier alpha value is -1.73. The first-order valence-electron chi connectivity index (χ1n) is 15.0. The van der Waals surface area contributed by atoms with Gasteiger partial charge in [-0.2, -0.15) is 4.31 Å². The van der Waals surface area contributed by atoms with E-state index in [1.807, 2.05) is 22.5 Å². The van der Waals surface area contributed by atoms with Crippen LogP contribution in [-0.2, 0) is 10.0 Å². The molecular weight excluding hydrogens is 496 g/mol. The molecule has 0 amide bonds. The van der Waals surface area contributed by atoms with Crippen molar-refractivity contribution in [1.29, 1.82) is 0 Å². The Bertz CT molecular complexity index is 1130. The summed E-state index contributed by atoms with van der Waals surface area (Å²) in [6.45, 7) is 6.00. The molecule has 4 aliphatic carbocycles. The van der Waals surface area contributed by atoms with Gasteiger partial charge in [-0.05, 0) is 49.9 Å². The topological polar surface area (TPSA) is 80.5 Å². The van der Waals surface area contributed by atoms with E-state index in [-0.39, 0.29) is 35.0 Å². The van der Waals surface area contributed by atoms with Crippen LogP contribution < -0.4 is 0 Å². The van der Waals surface area contributed by atoms with E-state index in [9.17, 15) is 18.4 Å². The van der Waals surface area contributed by atoms with Crippen molar-refractivity contribution in [2.45, 2.75) is 122 Å². The number of hydrogen-bond acceptors (Lipinski definition) is 4. The molecule has 1 aromatic carbocycles. The summed E-state index contributed by atoms with van der Waals surface area (Å²) in [6.07, 6.45) is 12.7. The number of hydrogen-bond donors (Lipinski definition) is 0. The lowest BCUT2D eigenvalue weighted by Gasteiger charge is -2.44. The van der Waals surface area contributed by atoms with Crippen LogP contribution >= 0.6 is 0 Å². The minimum Gasteiger partial charge on any atom is -0.623 e. The maximum atomic E-state index is 14.6. The van der Waals surface area contributed by atoms with Crippen molar-refractivity contribution >= 4 is 21.5 Å². The Morgan fingerprint density at radius 2 is 1.53 bits per heavy atom. The van der Waals surface area contributed by atoms with Gasteiger partial charge in [0.2, 0.25) is 21.8 Å². The van der Waals surface area contributed by atoms with Crippen molar-refractivity contribution in [3.63, 3.8) is 0 Å². The fourth-order valence-electron chi connectivity index (χ4n) is 8.43. The molecule has 4 saturated carbocycles. The number of Topliss-reactive ketones (excluding diaryl/α,β-unsaturated/α-hetero) is 1. The summed E-state index contributed by atoms with van der Waals surface area (Å²) in [4.78, 5) is 13.2. The Labute approximate surface area is 229 Å². The zero-order chi connectivity index (χ0) is 27.1. The smallest absolute Gasteiger partial charge is 0.231 e. The molecule has 5 rings (SSSR count). The number of sulfonamides is 1. The highest BCUT2D eigenvalue weighted by Gasteiger charge is 2.68. The molecule has 210 valence electrons. The van der Waals surface area contributed by atoms with Crippen molar-refractivity contribution in [2.75, 3.05) is 5.75 Å². The normalized spacial score (nSPS) is 30.5. The molecule has 0 radical (unpaired) electrons. The van der Waals surface area contributed by atoms with Gasteiger partial charge in [0.25, 0.3) is 0 Å². The van der Waals surface area contributed by atoms with Crippen LogP contribution in [0.25, 0.3) is 0 Å². The first kappa shape index (κ1) is 27.8. The molecule has 4 fully saturated rings. The van der Waals surface area contributed by atoms with Gasteiger partial charge >= 0.3 is 0 Å². The van der Waals surface area contributed by atoms with Crippen molar-refractivity contribution < 1.29 is 18.0 Å². The molecule has 38 heavy (non-hydrogen) atoms. The summed E-state index contributed by atoms with van der Waals surface area (Å²) >= 11 is 0. The summed E-state index contributed by atoms with van der Waals surface area (Å²) in [5, 5.41) is 14.0. The Morgan fingerprint density at radius 1 is 0.974 bits per heavy atom. The van der Waals surface area contributed by atoms with E-state index >= 15 is 0 Å². The summed E-state index contributed by atoms with van der Waals surface area (Å²) in [6, 6.07) is 8.25. The van der Waals surface area contributed by atoms with Gasteiger partial charge in [-0.25, -0.2) is 13.2 Å². The first-order valence-corrected chi connectivity index (χ1v) is 16.6. The monoisotopic (exact) mass is 542 g/mol. The van der Waals surface area contributed by atoms with Gasteiger partial charge in [0.1, 0.15) is 0 Å². The Morgan fingerprint density at radius 3 is 2.05 bits per heavy atom. The second-order valence-electron chi connectivity index (χ2n) is 13.1. The number of fused-ring (bicyclic) bond motifs is 2. The van der Waals surface area contributed by atoms with Crippen LogP contribution in [0.3, 0.4) is 0 Å². The van der Waals surface area contributed by atoms with E-state index in [0.717, 1.165) is 62.5 Å². The second kappa shape index (κ2) is 10.7. The summed E-state index contributed by atoms with van der Waals surface area (Å²) < 4.78 is 32.0. The van der Waals surface area contributed by atoms with Crippen molar-refractivity contribution in [3.8, 4) is 0 Å². The molecule has 7 heteroatoms. The van der Waals surface area contributed by atoms with Gasteiger partial charge in [-0.15, -0.1) is 0 Å². The van der Waals surface area contributed by atoms with Crippen LogP contribution in [0.15, 0.2) is 30.3 Å². The van der Waals surface area contributed by atoms with Gasteiger partial charge in [-0.1, -0.05) is 82.7 Å². The highest BCUT2D eigenvalue weighted by Crippen LogP contribution is 2.65. The van der Waals surface area contributed by atoms with E-state index in [1.165, 1.54) is 12.8 Å². The quantitative estimate of drug-likeness (QED) is 0.166. The lowest BCUT2D eigenvalue weighted by atomic mass is 9.70. The van der Waals surface area contributed by atoms with Crippen molar-refractivity contribution in [1.82, 2.24) is 4.31 Å². The fraction of sp³-hybridized carbons (Fsp3) is 0.742. The van der Waals surface area contributed by atoms with Crippen molar-refractivity contribution in [2.24, 2.45) is 16.7 Å². The highest BCUT2D eigenvalue weighted by atomic mass is 32.2. The van der Waals surface area contributed by atoms with E-state index < -0.39 is 21.5 Å². The Kier molecular flexibility index (Phi) is 7.82. The van der Waals surface area contributed by atoms with Gasteiger partial charge in [0.05, 0.1) is 11.2 Å². The first-order chi connectivity index (χ1) is 18.1. The van der Waals surface area contributed by atoms with Gasteiger partial charge < -0.3 is 5.21 Å². The number of carbonyl (C=O) groups is 1. The molecule has 0 aromatic heterocycles. The third-order valence-electron chi connectivity index (χ3n) is 10.8. The molecule has 1 aromatic rings. The molecule has 0 N–H and O–H groups in total. The molecule has 3 atom stereocenters. The van der Waals surface area contributed by atoms with E-state index in [4.69, 9.17) is 0 Å².